The highest BCUT2D eigenvalue weighted by atomic mass is 32.2. The number of rotatable bonds is 7. The Hall–Kier alpha value is -3.49. The van der Waals surface area contributed by atoms with E-state index in [2.05, 4.69) is 10.0 Å². The Kier molecular flexibility index (Phi) is 8.20. The van der Waals surface area contributed by atoms with Crippen molar-refractivity contribution in [3.63, 3.8) is 0 Å². The van der Waals surface area contributed by atoms with E-state index in [0.29, 0.717) is 16.1 Å². The third-order valence-electron chi connectivity index (χ3n) is 4.70. The third kappa shape index (κ3) is 7.00. The molecule has 0 heterocycles. The summed E-state index contributed by atoms with van der Waals surface area (Å²) in [6.45, 7) is 5.18. The SMILES string of the molecule is COC(=O)[C@@H](NC(=O)OC(C)(C)C)c1cccc(N[S+]([O-])c2ccc(-c3ccccc3)cc2)c1. The Morgan fingerprint density at radius 2 is 1.56 bits per heavy atom. The second-order valence-corrected chi connectivity index (χ2v) is 9.70. The smallest absolute Gasteiger partial charge is 0.408 e. The molecule has 0 saturated heterocycles. The first-order valence-corrected chi connectivity index (χ1v) is 11.8. The Balaban J connectivity index is 1.74. The first kappa shape index (κ1) is 25.1. The van der Waals surface area contributed by atoms with E-state index in [4.69, 9.17) is 9.47 Å². The summed E-state index contributed by atoms with van der Waals surface area (Å²) in [4.78, 5) is 25.2. The second kappa shape index (κ2) is 11.1. The zero-order valence-electron chi connectivity index (χ0n) is 19.5. The van der Waals surface area contributed by atoms with Crippen LogP contribution >= 0.6 is 0 Å². The van der Waals surface area contributed by atoms with E-state index in [9.17, 15) is 14.1 Å². The summed E-state index contributed by atoms with van der Waals surface area (Å²) in [5.74, 6) is -0.652. The van der Waals surface area contributed by atoms with Crippen LogP contribution in [0, 0.1) is 0 Å². The molecule has 3 aromatic rings. The van der Waals surface area contributed by atoms with E-state index >= 15 is 0 Å². The van der Waals surface area contributed by atoms with Gasteiger partial charge in [0.05, 0.1) is 12.8 Å². The van der Waals surface area contributed by atoms with Gasteiger partial charge in [-0.2, -0.15) is 0 Å². The predicted octanol–water partition coefficient (Wildman–Crippen LogP) is 5.23. The third-order valence-corrected chi connectivity index (χ3v) is 5.83. The molecule has 1 unspecified atom stereocenters. The Labute approximate surface area is 202 Å². The predicted molar refractivity (Wildman–Crippen MR) is 132 cm³/mol. The molecule has 8 heteroatoms. The molecule has 7 nitrogen and oxygen atoms in total. The number of alkyl carbamates (subject to hydrolysis) is 1. The van der Waals surface area contributed by atoms with Crippen molar-refractivity contribution in [3.05, 3.63) is 84.4 Å². The zero-order chi connectivity index (χ0) is 24.7. The monoisotopic (exact) mass is 480 g/mol. The molecule has 2 N–H and O–H groups in total. The number of hydrogen-bond donors (Lipinski definition) is 2. The summed E-state index contributed by atoms with van der Waals surface area (Å²) in [5.41, 5.74) is 2.35. The molecule has 0 bridgehead atoms. The van der Waals surface area contributed by atoms with Crippen LogP contribution in [0.1, 0.15) is 32.4 Å². The number of benzene rings is 3. The lowest BCUT2D eigenvalue weighted by molar-refractivity contribution is -0.143. The van der Waals surface area contributed by atoms with Gasteiger partial charge in [0, 0.05) is 0 Å². The second-order valence-electron chi connectivity index (χ2n) is 8.49. The number of ether oxygens (including phenoxy) is 2. The van der Waals surface area contributed by atoms with Gasteiger partial charge in [-0.15, -0.1) is 0 Å². The van der Waals surface area contributed by atoms with Crippen molar-refractivity contribution >= 4 is 29.1 Å². The van der Waals surface area contributed by atoms with E-state index in [1.54, 1.807) is 57.2 Å². The fourth-order valence-electron chi connectivity index (χ4n) is 3.17. The van der Waals surface area contributed by atoms with Gasteiger partial charge in [0.15, 0.2) is 10.9 Å². The number of carbonyl (C=O) groups excluding carboxylic acids is 2. The summed E-state index contributed by atoms with van der Waals surface area (Å²) in [7, 11) is 1.24. The van der Waals surface area contributed by atoms with E-state index in [1.807, 2.05) is 42.5 Å². The maximum Gasteiger partial charge on any atom is 0.408 e. The molecule has 0 saturated carbocycles. The van der Waals surface area contributed by atoms with Crippen molar-refractivity contribution in [2.45, 2.75) is 37.3 Å². The minimum Gasteiger partial charge on any atom is -0.588 e. The molecule has 0 fully saturated rings. The topological polar surface area (TPSA) is 99.7 Å². The molecule has 0 aliphatic heterocycles. The largest absolute Gasteiger partial charge is 0.588 e. The first-order valence-electron chi connectivity index (χ1n) is 10.7. The van der Waals surface area contributed by atoms with Crippen LogP contribution in [0.5, 0.6) is 0 Å². The van der Waals surface area contributed by atoms with Crippen molar-refractivity contribution in [3.8, 4) is 11.1 Å². The molecular weight excluding hydrogens is 452 g/mol. The summed E-state index contributed by atoms with van der Waals surface area (Å²) in [5, 5.41) is 2.54. The van der Waals surface area contributed by atoms with Crippen LogP contribution in [0.4, 0.5) is 10.5 Å². The first-order chi connectivity index (χ1) is 16.2. The van der Waals surface area contributed by atoms with Crippen LogP contribution in [-0.2, 0) is 25.6 Å². The molecule has 0 aromatic heterocycles. The maximum atomic E-state index is 12.9. The number of nitrogens with one attached hydrogen (secondary N) is 2. The minimum absolute atomic E-state index is 0.458. The molecule has 0 aliphatic carbocycles. The van der Waals surface area contributed by atoms with Crippen LogP contribution in [0.15, 0.2) is 83.8 Å². The van der Waals surface area contributed by atoms with E-state index in [0.717, 1.165) is 11.1 Å². The maximum absolute atomic E-state index is 12.9. The van der Waals surface area contributed by atoms with Crippen molar-refractivity contribution in [1.82, 2.24) is 5.32 Å². The highest BCUT2D eigenvalue weighted by Gasteiger charge is 2.27. The average molecular weight is 481 g/mol. The molecular formula is C26H28N2O5S. The van der Waals surface area contributed by atoms with Gasteiger partial charge in [0.25, 0.3) is 0 Å². The molecule has 0 aliphatic rings. The molecule has 0 radical (unpaired) electrons. The molecule has 3 rings (SSSR count). The summed E-state index contributed by atoms with van der Waals surface area (Å²) >= 11 is -1.54. The molecule has 178 valence electrons. The van der Waals surface area contributed by atoms with Crippen molar-refractivity contribution < 1.29 is 23.6 Å². The highest BCUT2D eigenvalue weighted by Crippen LogP contribution is 2.24. The number of methoxy groups -OCH3 is 1. The van der Waals surface area contributed by atoms with Gasteiger partial charge in [-0.05, 0) is 73.9 Å². The van der Waals surface area contributed by atoms with Crippen LogP contribution < -0.4 is 10.0 Å². The fraction of sp³-hybridized carbons (Fsp3) is 0.231. The van der Waals surface area contributed by atoms with Crippen LogP contribution in [0.25, 0.3) is 11.1 Å². The zero-order valence-corrected chi connectivity index (χ0v) is 20.3. The van der Waals surface area contributed by atoms with Gasteiger partial charge in [-0.3, -0.25) is 0 Å². The van der Waals surface area contributed by atoms with Gasteiger partial charge < -0.3 is 19.3 Å². The van der Waals surface area contributed by atoms with Crippen molar-refractivity contribution in [2.24, 2.45) is 0 Å². The van der Waals surface area contributed by atoms with Crippen molar-refractivity contribution in [1.29, 1.82) is 0 Å². The molecule has 3 aromatic carbocycles. The number of carbonyl (C=O) groups is 2. The number of hydrogen-bond acceptors (Lipinski definition) is 6. The molecule has 34 heavy (non-hydrogen) atoms. The quantitative estimate of drug-likeness (QED) is 0.355. The van der Waals surface area contributed by atoms with Crippen molar-refractivity contribution in [2.75, 3.05) is 11.8 Å². The van der Waals surface area contributed by atoms with Gasteiger partial charge in [0.1, 0.15) is 17.0 Å². The Morgan fingerprint density at radius 1 is 0.912 bits per heavy atom. The van der Waals surface area contributed by atoms with Gasteiger partial charge in [-0.25, -0.2) is 14.3 Å². The fourth-order valence-corrected chi connectivity index (χ4v) is 4.01. The lowest BCUT2D eigenvalue weighted by Gasteiger charge is -2.23. The molecule has 0 spiro atoms. The Bertz CT molecular complexity index is 1110. The van der Waals surface area contributed by atoms with E-state index in [-0.39, 0.29) is 0 Å². The number of anilines is 1. The van der Waals surface area contributed by atoms with Crippen LogP contribution in [-0.4, -0.2) is 29.3 Å². The van der Waals surface area contributed by atoms with Crippen LogP contribution in [0.3, 0.4) is 0 Å². The highest BCUT2D eigenvalue weighted by molar-refractivity contribution is 7.92. The van der Waals surface area contributed by atoms with Gasteiger partial charge in [-0.1, -0.05) is 42.5 Å². The number of esters is 1. The summed E-state index contributed by atoms with van der Waals surface area (Å²) < 4.78 is 25.9. The summed E-state index contributed by atoms with van der Waals surface area (Å²) in [6.07, 6.45) is -0.747. The average Bonchev–Trinajstić information content (AvgIpc) is 2.82. The standard InChI is InChI=1S/C26H28N2O5S/c1-26(2,3)33-25(30)27-23(24(29)32-4)20-11-8-12-21(17-20)28-34(31)22-15-13-19(14-16-22)18-9-6-5-7-10-18/h5-17,23,28H,1-4H3,(H,27,30)/t23-,34?/m0/s1. The van der Waals surface area contributed by atoms with Gasteiger partial charge in [0.2, 0.25) is 0 Å². The molecule has 1 amide bonds. The normalized spacial score (nSPS) is 12.9. The molecule has 2 atom stereocenters. The number of amides is 1. The minimum atomic E-state index is -1.54. The summed E-state index contributed by atoms with van der Waals surface area (Å²) in [6, 6.07) is 23.0. The van der Waals surface area contributed by atoms with E-state index in [1.165, 1.54) is 7.11 Å². The Morgan fingerprint density at radius 3 is 2.18 bits per heavy atom. The van der Waals surface area contributed by atoms with Gasteiger partial charge >= 0.3 is 12.1 Å². The lowest BCUT2D eigenvalue weighted by Crippen LogP contribution is -2.38. The van der Waals surface area contributed by atoms with E-state index < -0.39 is 35.1 Å². The lowest BCUT2D eigenvalue weighted by atomic mass is 10.1. The van der Waals surface area contributed by atoms with Crippen LogP contribution in [0.2, 0.25) is 0 Å².